The van der Waals surface area contributed by atoms with E-state index in [1.165, 1.54) is 19.3 Å². The van der Waals surface area contributed by atoms with Gasteiger partial charge in [0.15, 0.2) is 10.8 Å². The second-order valence-electron chi connectivity index (χ2n) is 7.18. The number of hydrogen-bond donors (Lipinski definition) is 1. The highest BCUT2D eigenvalue weighted by atomic mass is 35.5. The summed E-state index contributed by atoms with van der Waals surface area (Å²) in [5.74, 6) is 1.74. The third-order valence-corrected chi connectivity index (χ3v) is 6.05. The fraction of sp³-hybridized carbons (Fsp3) is 0.429. The van der Waals surface area contributed by atoms with Crippen LogP contribution in [0.1, 0.15) is 36.5 Å². The van der Waals surface area contributed by atoms with E-state index in [-0.39, 0.29) is 5.91 Å². The Kier molecular flexibility index (Phi) is 6.74. The van der Waals surface area contributed by atoms with Crippen LogP contribution in [0.15, 0.2) is 35.6 Å². The lowest BCUT2D eigenvalue weighted by molar-refractivity contribution is 0.0952. The molecule has 0 spiro atoms. The van der Waals surface area contributed by atoms with Gasteiger partial charge in [0.2, 0.25) is 0 Å². The first-order valence-corrected chi connectivity index (χ1v) is 11.7. The molecule has 1 fully saturated rings. The summed E-state index contributed by atoms with van der Waals surface area (Å²) in [5, 5.41) is 9.76. The Morgan fingerprint density at radius 1 is 1.23 bits per heavy atom. The van der Waals surface area contributed by atoms with Crippen LogP contribution < -0.4 is 10.2 Å². The van der Waals surface area contributed by atoms with Crippen molar-refractivity contribution >= 4 is 46.1 Å². The minimum Gasteiger partial charge on any atom is -0.356 e. The number of nitrogens with one attached hydrogen (secondary N) is 1. The number of fused-ring (bicyclic) bond motifs is 1. The van der Waals surface area contributed by atoms with E-state index in [0.29, 0.717) is 23.7 Å². The fourth-order valence-corrected chi connectivity index (χ4v) is 4.38. The Balaban J connectivity index is 1.52. The van der Waals surface area contributed by atoms with E-state index < -0.39 is 0 Å². The quantitative estimate of drug-likeness (QED) is 0.438. The summed E-state index contributed by atoms with van der Waals surface area (Å²) < 4.78 is 1.85. The van der Waals surface area contributed by atoms with Crippen LogP contribution in [0.2, 0.25) is 5.02 Å². The van der Waals surface area contributed by atoms with Crippen molar-refractivity contribution in [3.05, 3.63) is 41.0 Å². The molecule has 1 aliphatic heterocycles. The molecule has 4 rings (SSSR count). The summed E-state index contributed by atoms with van der Waals surface area (Å²) in [4.78, 5) is 24.3. The molecule has 158 valence electrons. The lowest BCUT2D eigenvalue weighted by Gasteiger charge is -2.28. The molecule has 0 bridgehead atoms. The summed E-state index contributed by atoms with van der Waals surface area (Å²) in [6, 6.07) is 6.92. The zero-order valence-corrected chi connectivity index (χ0v) is 18.5. The van der Waals surface area contributed by atoms with Crippen LogP contribution in [0.5, 0.6) is 0 Å². The molecule has 1 amide bonds. The first-order chi connectivity index (χ1) is 14.7. The van der Waals surface area contributed by atoms with Gasteiger partial charge in [-0.1, -0.05) is 36.4 Å². The zero-order valence-electron chi connectivity index (χ0n) is 17.0. The van der Waals surface area contributed by atoms with Gasteiger partial charge in [-0.15, -0.1) is 0 Å². The highest BCUT2D eigenvalue weighted by molar-refractivity contribution is 7.99. The molecule has 0 unspecified atom stereocenters. The Morgan fingerprint density at radius 3 is 2.83 bits per heavy atom. The number of amides is 1. The van der Waals surface area contributed by atoms with Gasteiger partial charge >= 0.3 is 0 Å². The molecular formula is C21H25ClN6OS. The SMILES string of the molecule is CCSc1nc(N2CCCCC2)c2cnn(CCNC(=O)c3cccc(Cl)c3)c2n1. The highest BCUT2D eigenvalue weighted by Crippen LogP contribution is 2.29. The standard InChI is InChI=1S/C21H25ClN6OS/c1-2-30-21-25-18(27-10-4-3-5-11-27)17-14-24-28(19(17)26-21)12-9-23-20(29)15-7-6-8-16(22)13-15/h6-8,13-14H,2-5,9-12H2,1H3,(H,23,29). The number of rotatable bonds is 7. The van der Waals surface area contributed by atoms with Crippen LogP contribution in [0.25, 0.3) is 11.0 Å². The molecule has 7 nitrogen and oxygen atoms in total. The molecule has 1 N–H and O–H groups in total. The largest absolute Gasteiger partial charge is 0.356 e. The maximum absolute atomic E-state index is 12.4. The van der Waals surface area contributed by atoms with Gasteiger partial charge in [0.25, 0.3) is 5.91 Å². The van der Waals surface area contributed by atoms with Gasteiger partial charge in [-0.2, -0.15) is 5.10 Å². The van der Waals surface area contributed by atoms with Gasteiger partial charge in [-0.05, 0) is 43.2 Å². The second kappa shape index (κ2) is 9.66. The Morgan fingerprint density at radius 2 is 2.07 bits per heavy atom. The number of aromatic nitrogens is 4. The van der Waals surface area contributed by atoms with Gasteiger partial charge < -0.3 is 10.2 Å². The van der Waals surface area contributed by atoms with E-state index in [1.54, 1.807) is 36.0 Å². The average molecular weight is 445 g/mol. The second-order valence-corrected chi connectivity index (χ2v) is 8.85. The molecule has 1 saturated heterocycles. The van der Waals surface area contributed by atoms with Gasteiger partial charge in [0, 0.05) is 30.2 Å². The number of hydrogen-bond acceptors (Lipinski definition) is 6. The summed E-state index contributed by atoms with van der Waals surface area (Å²) in [6.45, 7) is 5.11. The third kappa shape index (κ3) is 4.70. The lowest BCUT2D eigenvalue weighted by atomic mass is 10.1. The van der Waals surface area contributed by atoms with Gasteiger partial charge in [0.1, 0.15) is 5.82 Å². The minimum absolute atomic E-state index is 0.153. The lowest BCUT2D eigenvalue weighted by Crippen LogP contribution is -2.30. The van der Waals surface area contributed by atoms with Crippen LogP contribution in [0, 0.1) is 0 Å². The predicted molar refractivity (Wildman–Crippen MR) is 122 cm³/mol. The van der Waals surface area contributed by atoms with Crippen molar-refractivity contribution in [1.29, 1.82) is 0 Å². The molecule has 1 aliphatic rings. The maximum atomic E-state index is 12.4. The molecule has 0 saturated carbocycles. The maximum Gasteiger partial charge on any atom is 0.251 e. The average Bonchev–Trinajstić information content (AvgIpc) is 3.17. The van der Waals surface area contributed by atoms with Crippen LogP contribution in [-0.2, 0) is 6.54 Å². The number of benzene rings is 1. The Bertz CT molecular complexity index is 1030. The van der Waals surface area contributed by atoms with E-state index in [0.717, 1.165) is 40.9 Å². The van der Waals surface area contributed by atoms with Crippen molar-refractivity contribution in [3.63, 3.8) is 0 Å². The van der Waals surface area contributed by atoms with Crippen molar-refractivity contribution < 1.29 is 4.79 Å². The number of thioether (sulfide) groups is 1. The third-order valence-electron chi connectivity index (χ3n) is 5.08. The van der Waals surface area contributed by atoms with E-state index in [9.17, 15) is 4.79 Å². The molecule has 0 radical (unpaired) electrons. The number of carbonyl (C=O) groups is 1. The smallest absolute Gasteiger partial charge is 0.251 e. The fourth-order valence-electron chi connectivity index (χ4n) is 3.63. The van der Waals surface area contributed by atoms with Crippen molar-refractivity contribution in [2.45, 2.75) is 37.9 Å². The van der Waals surface area contributed by atoms with E-state index in [1.807, 2.05) is 10.9 Å². The van der Waals surface area contributed by atoms with E-state index in [2.05, 4.69) is 22.2 Å². The molecule has 3 aromatic rings. The molecule has 30 heavy (non-hydrogen) atoms. The highest BCUT2D eigenvalue weighted by Gasteiger charge is 2.20. The molecular weight excluding hydrogens is 420 g/mol. The molecule has 9 heteroatoms. The Labute approximate surface area is 185 Å². The summed E-state index contributed by atoms with van der Waals surface area (Å²) in [5.41, 5.74) is 1.36. The number of halogens is 1. The summed E-state index contributed by atoms with van der Waals surface area (Å²) >= 11 is 7.61. The zero-order chi connectivity index (χ0) is 20.9. The minimum atomic E-state index is -0.153. The number of nitrogens with zero attached hydrogens (tertiary/aromatic N) is 5. The van der Waals surface area contributed by atoms with Crippen LogP contribution in [0.3, 0.4) is 0 Å². The first-order valence-electron chi connectivity index (χ1n) is 10.3. The topological polar surface area (TPSA) is 75.9 Å². The van der Waals surface area contributed by atoms with E-state index in [4.69, 9.17) is 21.6 Å². The van der Waals surface area contributed by atoms with Crippen molar-refractivity contribution in [2.24, 2.45) is 0 Å². The normalized spacial score (nSPS) is 14.3. The van der Waals surface area contributed by atoms with Crippen molar-refractivity contribution in [2.75, 3.05) is 30.3 Å². The molecule has 0 atom stereocenters. The number of piperidine rings is 1. The van der Waals surface area contributed by atoms with Crippen LogP contribution >= 0.6 is 23.4 Å². The monoisotopic (exact) mass is 444 g/mol. The van der Waals surface area contributed by atoms with Gasteiger partial charge in [-0.3, -0.25) is 4.79 Å². The van der Waals surface area contributed by atoms with Gasteiger partial charge in [-0.25, -0.2) is 14.6 Å². The predicted octanol–water partition coefficient (Wildman–Crippen LogP) is 4.01. The molecule has 0 aliphatic carbocycles. The van der Waals surface area contributed by atoms with Crippen LogP contribution in [-0.4, -0.2) is 51.0 Å². The van der Waals surface area contributed by atoms with E-state index >= 15 is 0 Å². The molecule has 2 aromatic heterocycles. The first kappa shape index (κ1) is 20.9. The Hall–Kier alpha value is -2.32. The van der Waals surface area contributed by atoms with Crippen molar-refractivity contribution in [1.82, 2.24) is 25.1 Å². The molecule has 1 aromatic carbocycles. The van der Waals surface area contributed by atoms with Crippen molar-refractivity contribution in [3.8, 4) is 0 Å². The summed E-state index contributed by atoms with van der Waals surface area (Å²) in [7, 11) is 0. The summed E-state index contributed by atoms with van der Waals surface area (Å²) in [6.07, 6.45) is 5.49. The number of anilines is 1. The van der Waals surface area contributed by atoms with Crippen LogP contribution in [0.4, 0.5) is 5.82 Å². The number of carbonyl (C=O) groups excluding carboxylic acids is 1. The van der Waals surface area contributed by atoms with Gasteiger partial charge in [0.05, 0.1) is 18.1 Å². The molecule has 3 heterocycles.